The zero-order valence-corrected chi connectivity index (χ0v) is 13.5. The summed E-state index contributed by atoms with van der Waals surface area (Å²) in [6.45, 7) is 6.89. The van der Waals surface area contributed by atoms with Crippen molar-refractivity contribution in [2.24, 2.45) is 0 Å². The van der Waals surface area contributed by atoms with E-state index in [1.807, 2.05) is 0 Å². The average molecular weight is 314 g/mol. The van der Waals surface area contributed by atoms with Crippen LogP contribution in [0.2, 0.25) is 0 Å². The van der Waals surface area contributed by atoms with Crippen LogP contribution in [0, 0.1) is 0 Å². The Morgan fingerprint density at radius 1 is 1.29 bits per heavy atom. The second-order valence-corrected chi connectivity index (χ2v) is 7.53. The molecule has 1 aromatic rings. The molecule has 3 N–H and O–H groups in total. The summed E-state index contributed by atoms with van der Waals surface area (Å²) in [5, 5.41) is 11.9. The fourth-order valence-electron chi connectivity index (χ4n) is 1.96. The van der Waals surface area contributed by atoms with E-state index in [-0.39, 0.29) is 17.4 Å². The van der Waals surface area contributed by atoms with Crippen LogP contribution >= 0.6 is 0 Å². The lowest BCUT2D eigenvalue weighted by Crippen LogP contribution is -2.35. The van der Waals surface area contributed by atoms with E-state index in [1.165, 1.54) is 6.07 Å². The molecule has 0 saturated heterocycles. The number of aliphatic carboxylic acids is 1. The van der Waals surface area contributed by atoms with E-state index in [4.69, 9.17) is 5.11 Å². The minimum atomic E-state index is -3.65. The summed E-state index contributed by atoms with van der Waals surface area (Å²) in [5.74, 6) is -0.951. The van der Waals surface area contributed by atoms with E-state index in [0.29, 0.717) is 5.69 Å². The van der Waals surface area contributed by atoms with E-state index in [1.54, 1.807) is 45.9 Å². The highest BCUT2D eigenvalue weighted by molar-refractivity contribution is 7.89. The summed E-state index contributed by atoms with van der Waals surface area (Å²) in [6, 6.07) is 6.22. The van der Waals surface area contributed by atoms with Crippen LogP contribution in [0.3, 0.4) is 0 Å². The molecule has 1 rings (SSSR count). The Morgan fingerprint density at radius 3 is 2.38 bits per heavy atom. The molecule has 6 nitrogen and oxygen atoms in total. The van der Waals surface area contributed by atoms with E-state index in [2.05, 4.69) is 10.0 Å². The van der Waals surface area contributed by atoms with Crippen LogP contribution in [-0.2, 0) is 14.8 Å². The Hall–Kier alpha value is -1.60. The third-order valence-electron chi connectivity index (χ3n) is 2.63. The van der Waals surface area contributed by atoms with Gasteiger partial charge in [-0.25, -0.2) is 13.1 Å². The number of hydrogen-bond acceptors (Lipinski definition) is 4. The van der Waals surface area contributed by atoms with Gasteiger partial charge >= 0.3 is 5.97 Å². The van der Waals surface area contributed by atoms with Crippen LogP contribution in [-0.4, -0.2) is 31.1 Å². The molecule has 0 fully saturated rings. The van der Waals surface area contributed by atoms with Gasteiger partial charge in [0.1, 0.15) is 4.90 Å². The number of carbonyl (C=O) groups is 1. The molecular weight excluding hydrogens is 292 g/mol. The molecule has 0 aromatic heterocycles. The number of carboxylic acids is 1. The number of anilines is 1. The lowest BCUT2D eigenvalue weighted by molar-refractivity contribution is -0.137. The van der Waals surface area contributed by atoms with Crippen LogP contribution in [0.25, 0.3) is 0 Å². The molecule has 0 spiro atoms. The second kappa shape index (κ2) is 6.44. The summed E-state index contributed by atoms with van der Waals surface area (Å²) in [7, 11) is -3.65. The van der Waals surface area contributed by atoms with Crippen molar-refractivity contribution in [1.82, 2.24) is 4.72 Å². The molecule has 0 aliphatic carbocycles. The molecule has 0 aliphatic heterocycles. The van der Waals surface area contributed by atoms with Gasteiger partial charge in [0.05, 0.1) is 12.1 Å². The summed E-state index contributed by atoms with van der Waals surface area (Å²) < 4.78 is 27.1. The quantitative estimate of drug-likeness (QED) is 0.716. The molecule has 0 saturated carbocycles. The fraction of sp³-hybridized carbons (Fsp3) is 0.500. The fourth-order valence-corrected chi connectivity index (χ4v) is 3.38. The zero-order valence-electron chi connectivity index (χ0n) is 12.7. The summed E-state index contributed by atoms with van der Waals surface area (Å²) in [4.78, 5) is 11.0. The normalized spacial score (nSPS) is 12.4. The summed E-state index contributed by atoms with van der Waals surface area (Å²) in [6.07, 6.45) is -0.126. The van der Waals surface area contributed by atoms with Crippen molar-refractivity contribution in [3.05, 3.63) is 24.3 Å². The highest BCUT2D eigenvalue weighted by Crippen LogP contribution is 2.25. The highest BCUT2D eigenvalue weighted by atomic mass is 32.2. The predicted molar refractivity (Wildman–Crippen MR) is 81.9 cm³/mol. The van der Waals surface area contributed by atoms with E-state index >= 15 is 0 Å². The van der Waals surface area contributed by atoms with Gasteiger partial charge in [-0.1, -0.05) is 12.1 Å². The Balaban J connectivity index is 3.14. The van der Waals surface area contributed by atoms with Gasteiger partial charge in [0.25, 0.3) is 0 Å². The number of sulfonamides is 1. The van der Waals surface area contributed by atoms with Crippen molar-refractivity contribution in [2.45, 2.75) is 50.6 Å². The number of nitrogens with one attached hydrogen (secondary N) is 2. The highest BCUT2D eigenvalue weighted by Gasteiger charge is 2.25. The minimum Gasteiger partial charge on any atom is -0.481 e. The van der Waals surface area contributed by atoms with E-state index in [9.17, 15) is 13.2 Å². The summed E-state index contributed by atoms with van der Waals surface area (Å²) >= 11 is 0. The first-order valence-electron chi connectivity index (χ1n) is 6.65. The largest absolute Gasteiger partial charge is 0.481 e. The van der Waals surface area contributed by atoms with Gasteiger partial charge in [0.2, 0.25) is 10.0 Å². The molecule has 0 amide bonds. The summed E-state index contributed by atoms with van der Waals surface area (Å²) in [5.41, 5.74) is -0.383. The van der Waals surface area contributed by atoms with E-state index < -0.39 is 21.5 Å². The molecule has 0 bridgehead atoms. The molecule has 0 aliphatic rings. The number of benzene rings is 1. The second-order valence-electron chi connectivity index (χ2n) is 5.85. The zero-order chi connectivity index (χ0) is 16.3. The van der Waals surface area contributed by atoms with Crippen molar-refractivity contribution in [2.75, 3.05) is 5.32 Å². The number of carboxylic acid groups (broad SMARTS) is 1. The van der Waals surface area contributed by atoms with Crippen molar-refractivity contribution < 1.29 is 18.3 Å². The smallest absolute Gasteiger partial charge is 0.305 e. The van der Waals surface area contributed by atoms with Crippen molar-refractivity contribution >= 4 is 21.7 Å². The molecule has 21 heavy (non-hydrogen) atoms. The standard InChI is InChI=1S/C14H22N2O4S/c1-10(2)16-21(19,20)12-8-6-5-7-11(12)15-14(3,4)9-13(17)18/h5-8,10,15-16H,9H2,1-4H3,(H,17,18). The SMILES string of the molecule is CC(C)NS(=O)(=O)c1ccccc1NC(C)(C)CC(=O)O. The molecule has 0 unspecified atom stereocenters. The van der Waals surface area contributed by atoms with Crippen LogP contribution in [0.1, 0.15) is 34.1 Å². The lowest BCUT2D eigenvalue weighted by atomic mass is 10.0. The average Bonchev–Trinajstić information content (AvgIpc) is 2.24. The first-order valence-corrected chi connectivity index (χ1v) is 8.13. The first-order chi connectivity index (χ1) is 9.53. The molecule has 0 radical (unpaired) electrons. The number of hydrogen-bond donors (Lipinski definition) is 3. The Morgan fingerprint density at radius 2 is 1.86 bits per heavy atom. The molecule has 118 valence electrons. The van der Waals surface area contributed by atoms with Crippen molar-refractivity contribution in [3.63, 3.8) is 0 Å². The topological polar surface area (TPSA) is 95.5 Å². The minimum absolute atomic E-state index is 0.108. The lowest BCUT2D eigenvalue weighted by Gasteiger charge is -2.27. The Labute approximate surface area is 125 Å². The van der Waals surface area contributed by atoms with Crippen molar-refractivity contribution in [1.29, 1.82) is 0 Å². The van der Waals surface area contributed by atoms with Gasteiger partial charge in [0, 0.05) is 11.6 Å². The number of rotatable bonds is 7. The Kier molecular flexibility index (Phi) is 5.36. The van der Waals surface area contributed by atoms with Crippen molar-refractivity contribution in [3.8, 4) is 0 Å². The van der Waals surface area contributed by atoms with Gasteiger partial charge in [-0.15, -0.1) is 0 Å². The molecule has 1 aromatic carbocycles. The van der Waals surface area contributed by atoms with Gasteiger partial charge in [0.15, 0.2) is 0 Å². The van der Waals surface area contributed by atoms with E-state index in [0.717, 1.165) is 0 Å². The monoisotopic (exact) mass is 314 g/mol. The van der Waals surface area contributed by atoms with Gasteiger partial charge < -0.3 is 10.4 Å². The molecule has 7 heteroatoms. The maximum Gasteiger partial charge on any atom is 0.305 e. The third kappa shape index (κ3) is 5.35. The van der Waals surface area contributed by atoms with Crippen LogP contribution in [0.15, 0.2) is 29.2 Å². The third-order valence-corrected chi connectivity index (χ3v) is 4.35. The molecular formula is C14H22N2O4S. The van der Waals surface area contributed by atoms with Gasteiger partial charge in [-0.2, -0.15) is 0 Å². The van der Waals surface area contributed by atoms with Gasteiger partial charge in [-0.3, -0.25) is 4.79 Å². The van der Waals surface area contributed by atoms with Crippen LogP contribution in [0.4, 0.5) is 5.69 Å². The molecule has 0 heterocycles. The van der Waals surface area contributed by atoms with Crippen LogP contribution in [0.5, 0.6) is 0 Å². The van der Waals surface area contributed by atoms with Crippen LogP contribution < -0.4 is 10.0 Å². The van der Waals surface area contributed by atoms with Gasteiger partial charge in [-0.05, 0) is 39.8 Å². The predicted octanol–water partition coefficient (Wildman–Crippen LogP) is 2.04. The number of para-hydroxylation sites is 1. The molecule has 0 atom stereocenters. The first kappa shape index (κ1) is 17.5. The maximum absolute atomic E-state index is 12.3. The Bertz CT molecular complexity index is 609. The maximum atomic E-state index is 12.3.